The molecule has 0 bridgehead atoms. The van der Waals surface area contributed by atoms with Gasteiger partial charge in [0, 0.05) is 12.7 Å². The Morgan fingerprint density at radius 1 is 1.47 bits per heavy atom. The number of carbonyl (C=O) groups is 1. The highest BCUT2D eigenvalue weighted by Gasteiger charge is 2.11. The Balaban J connectivity index is 2.92. The monoisotopic (exact) mass is 242 g/mol. The van der Waals surface area contributed by atoms with Gasteiger partial charge in [-0.2, -0.15) is 5.26 Å². The molecular weight excluding hydrogens is 235 g/mol. The lowest BCUT2D eigenvalue weighted by molar-refractivity contribution is -0.117. The fraction of sp³-hybridized carbons (Fsp3) is 0.200. The molecule has 0 spiro atoms. The van der Waals surface area contributed by atoms with Crippen LogP contribution in [0.2, 0.25) is 10.0 Å². The number of benzene rings is 1. The second kappa shape index (κ2) is 5.01. The van der Waals surface area contributed by atoms with Gasteiger partial charge in [0.25, 0.3) is 0 Å². The maximum absolute atomic E-state index is 11.4. The molecule has 5 heteroatoms. The molecule has 78 valence electrons. The summed E-state index contributed by atoms with van der Waals surface area (Å²) < 4.78 is 0. The van der Waals surface area contributed by atoms with Crippen molar-refractivity contribution in [3.05, 3.63) is 28.2 Å². The molecule has 0 aromatic heterocycles. The molecule has 0 unspecified atom stereocenters. The van der Waals surface area contributed by atoms with Gasteiger partial charge in [0.05, 0.1) is 16.1 Å². The van der Waals surface area contributed by atoms with Crippen molar-refractivity contribution < 1.29 is 4.79 Å². The average molecular weight is 243 g/mol. The van der Waals surface area contributed by atoms with Gasteiger partial charge in [-0.3, -0.25) is 4.79 Å². The van der Waals surface area contributed by atoms with Crippen LogP contribution in [0.1, 0.15) is 6.42 Å². The van der Waals surface area contributed by atoms with Gasteiger partial charge in [-0.15, -0.1) is 0 Å². The predicted molar refractivity (Wildman–Crippen MR) is 60.1 cm³/mol. The summed E-state index contributed by atoms with van der Waals surface area (Å²) >= 11 is 11.5. The molecule has 0 aliphatic rings. The van der Waals surface area contributed by atoms with Crippen molar-refractivity contribution in [2.75, 3.05) is 11.9 Å². The van der Waals surface area contributed by atoms with E-state index in [0.717, 1.165) is 0 Å². The first-order valence-electron chi connectivity index (χ1n) is 4.15. The highest BCUT2D eigenvalue weighted by Crippen LogP contribution is 2.26. The van der Waals surface area contributed by atoms with Crippen LogP contribution in [0.15, 0.2) is 18.2 Å². The van der Waals surface area contributed by atoms with Crippen LogP contribution in [-0.2, 0) is 4.79 Å². The lowest BCUT2D eigenvalue weighted by Crippen LogP contribution is -2.25. The number of halogens is 2. The van der Waals surface area contributed by atoms with Crippen molar-refractivity contribution >= 4 is 34.8 Å². The molecule has 0 heterocycles. The summed E-state index contributed by atoms with van der Waals surface area (Å²) in [5, 5.41) is 9.20. The number of hydrogen-bond acceptors (Lipinski definition) is 2. The average Bonchev–Trinajstić information content (AvgIpc) is 2.21. The summed E-state index contributed by atoms with van der Waals surface area (Å²) in [6, 6.07) is 6.65. The van der Waals surface area contributed by atoms with Crippen LogP contribution in [0.4, 0.5) is 5.69 Å². The minimum absolute atomic E-state index is 0.156. The van der Waals surface area contributed by atoms with Crippen LogP contribution in [0.5, 0.6) is 0 Å². The molecule has 0 saturated carbocycles. The number of nitriles is 1. The number of carbonyl (C=O) groups excluding carboxylic acids is 1. The van der Waals surface area contributed by atoms with Gasteiger partial charge in [-0.25, -0.2) is 0 Å². The zero-order valence-electron chi connectivity index (χ0n) is 8.00. The molecule has 3 nitrogen and oxygen atoms in total. The summed E-state index contributed by atoms with van der Waals surface area (Å²) in [5.74, 6) is -0.282. The van der Waals surface area contributed by atoms with Crippen molar-refractivity contribution in [3.63, 3.8) is 0 Å². The van der Waals surface area contributed by atoms with Crippen LogP contribution >= 0.6 is 23.2 Å². The first-order chi connectivity index (χ1) is 7.06. The molecule has 1 aromatic carbocycles. The van der Waals surface area contributed by atoms with E-state index in [-0.39, 0.29) is 12.3 Å². The maximum Gasteiger partial charge on any atom is 0.240 e. The van der Waals surface area contributed by atoms with E-state index in [4.69, 9.17) is 28.5 Å². The standard InChI is InChI=1S/C10H8Cl2N2O/c1-14(10(15)4-5-13)7-2-3-8(11)9(12)6-7/h2-3,6H,4H2,1H3. The maximum atomic E-state index is 11.4. The van der Waals surface area contributed by atoms with E-state index >= 15 is 0 Å². The van der Waals surface area contributed by atoms with Crippen LogP contribution in [-0.4, -0.2) is 13.0 Å². The van der Waals surface area contributed by atoms with Gasteiger partial charge in [0.2, 0.25) is 5.91 Å². The minimum Gasteiger partial charge on any atom is -0.315 e. The number of nitrogens with zero attached hydrogens (tertiary/aromatic N) is 2. The lowest BCUT2D eigenvalue weighted by Gasteiger charge is -2.16. The minimum atomic E-state index is -0.282. The zero-order valence-corrected chi connectivity index (χ0v) is 9.51. The first-order valence-corrected chi connectivity index (χ1v) is 4.90. The smallest absolute Gasteiger partial charge is 0.240 e. The van der Waals surface area contributed by atoms with E-state index in [2.05, 4.69) is 0 Å². The van der Waals surface area contributed by atoms with Crippen molar-refractivity contribution in [1.29, 1.82) is 5.26 Å². The molecule has 0 aliphatic heterocycles. The second-order valence-electron chi connectivity index (χ2n) is 2.89. The summed E-state index contributed by atoms with van der Waals surface area (Å²) in [4.78, 5) is 12.7. The van der Waals surface area contributed by atoms with E-state index in [0.29, 0.717) is 15.7 Å². The second-order valence-corrected chi connectivity index (χ2v) is 3.70. The SMILES string of the molecule is CN(C(=O)CC#N)c1ccc(Cl)c(Cl)c1. The number of rotatable bonds is 2. The Hall–Kier alpha value is -1.24. The molecule has 15 heavy (non-hydrogen) atoms. The van der Waals surface area contributed by atoms with Gasteiger partial charge < -0.3 is 4.90 Å². The molecule has 0 radical (unpaired) electrons. The number of hydrogen-bond donors (Lipinski definition) is 0. The van der Waals surface area contributed by atoms with E-state index in [1.165, 1.54) is 4.90 Å². The van der Waals surface area contributed by atoms with E-state index in [9.17, 15) is 4.79 Å². The predicted octanol–water partition coefficient (Wildman–Crippen LogP) is 2.87. The fourth-order valence-electron chi connectivity index (χ4n) is 1.02. The molecule has 1 aromatic rings. The third kappa shape index (κ3) is 2.85. The highest BCUT2D eigenvalue weighted by molar-refractivity contribution is 6.42. The molecule has 0 aliphatic carbocycles. The van der Waals surface area contributed by atoms with Gasteiger partial charge in [-0.05, 0) is 18.2 Å². The van der Waals surface area contributed by atoms with Crippen molar-refractivity contribution in [2.45, 2.75) is 6.42 Å². The Morgan fingerprint density at radius 2 is 2.13 bits per heavy atom. The van der Waals surface area contributed by atoms with Crippen LogP contribution in [0.25, 0.3) is 0 Å². The van der Waals surface area contributed by atoms with Crippen LogP contribution in [0, 0.1) is 11.3 Å². The highest BCUT2D eigenvalue weighted by atomic mass is 35.5. The Labute approximate surface area is 97.8 Å². The summed E-state index contributed by atoms with van der Waals surface area (Å²) in [6.45, 7) is 0. The van der Waals surface area contributed by atoms with E-state index < -0.39 is 0 Å². The van der Waals surface area contributed by atoms with Gasteiger partial charge in [0.1, 0.15) is 6.42 Å². The molecule has 0 N–H and O–H groups in total. The van der Waals surface area contributed by atoms with Gasteiger partial charge in [0.15, 0.2) is 0 Å². The molecule has 1 rings (SSSR count). The lowest BCUT2D eigenvalue weighted by atomic mass is 10.3. The number of anilines is 1. The molecule has 0 saturated heterocycles. The van der Waals surface area contributed by atoms with E-state index in [1.807, 2.05) is 0 Å². The number of amides is 1. The van der Waals surface area contributed by atoms with Gasteiger partial charge in [-0.1, -0.05) is 23.2 Å². The Bertz CT molecular complexity index is 426. The summed E-state index contributed by atoms with van der Waals surface area (Å²) in [5.41, 5.74) is 0.615. The van der Waals surface area contributed by atoms with Gasteiger partial charge >= 0.3 is 0 Å². The van der Waals surface area contributed by atoms with Crippen molar-refractivity contribution in [1.82, 2.24) is 0 Å². The van der Waals surface area contributed by atoms with Crippen molar-refractivity contribution in [2.24, 2.45) is 0 Å². The largest absolute Gasteiger partial charge is 0.315 e. The molecule has 1 amide bonds. The summed E-state index contributed by atoms with van der Waals surface area (Å²) in [7, 11) is 1.58. The topological polar surface area (TPSA) is 44.1 Å². The van der Waals surface area contributed by atoms with Crippen LogP contribution in [0.3, 0.4) is 0 Å². The first kappa shape index (κ1) is 11.8. The normalized spacial score (nSPS) is 9.47. The molecular formula is C10H8Cl2N2O. The molecule has 0 fully saturated rings. The Morgan fingerprint density at radius 3 is 2.67 bits per heavy atom. The third-order valence-corrected chi connectivity index (χ3v) is 2.63. The zero-order chi connectivity index (χ0) is 11.4. The van der Waals surface area contributed by atoms with Crippen LogP contribution < -0.4 is 4.90 Å². The van der Waals surface area contributed by atoms with Crippen molar-refractivity contribution in [3.8, 4) is 6.07 Å². The Kier molecular flexibility index (Phi) is 3.96. The fourth-order valence-corrected chi connectivity index (χ4v) is 1.32. The van der Waals surface area contributed by atoms with E-state index in [1.54, 1.807) is 31.3 Å². The molecule has 0 atom stereocenters. The summed E-state index contributed by atoms with van der Waals surface area (Å²) in [6.07, 6.45) is -0.156. The quantitative estimate of drug-likeness (QED) is 0.801. The third-order valence-electron chi connectivity index (χ3n) is 1.89.